The number of methoxy groups -OCH3 is 1. The minimum absolute atomic E-state index is 0.0360. The van der Waals surface area contributed by atoms with Crippen LogP contribution in [0, 0.1) is 0 Å². The average Bonchev–Trinajstić information content (AvgIpc) is 3.03. The predicted molar refractivity (Wildman–Crippen MR) is 108 cm³/mol. The number of nitrogen functional groups attached to an aromatic ring is 1. The standard InChI is InChI=1S/C18H21N5O4S/c1-22(10-14-20-11-5-3-4-6-13(11)28-14)9-12(24)15-16(19)23(7-8-27-2)18(26)21-17(15)25/h3-6H,7-10,19H2,1-2H3,(H,21,25,26). The van der Waals surface area contributed by atoms with Gasteiger partial charge in [-0.2, -0.15) is 0 Å². The molecule has 0 amide bonds. The van der Waals surface area contributed by atoms with Crippen LogP contribution in [0.3, 0.4) is 0 Å². The van der Waals surface area contributed by atoms with Crippen molar-refractivity contribution in [2.45, 2.75) is 13.1 Å². The first kappa shape index (κ1) is 19.9. The maximum atomic E-state index is 12.7. The number of Topliss-reactive ketones (excluding diaryl/α,β-unsaturated/α-hetero) is 1. The number of rotatable bonds is 8. The molecule has 0 saturated heterocycles. The third-order valence-corrected chi connectivity index (χ3v) is 5.22. The Hall–Kier alpha value is -2.82. The summed E-state index contributed by atoms with van der Waals surface area (Å²) in [7, 11) is 3.24. The Kier molecular flexibility index (Phi) is 6.02. The van der Waals surface area contributed by atoms with E-state index in [0.717, 1.165) is 19.8 Å². The highest BCUT2D eigenvalue weighted by Gasteiger charge is 2.21. The average molecular weight is 403 g/mol. The van der Waals surface area contributed by atoms with Crippen molar-refractivity contribution in [2.24, 2.45) is 0 Å². The number of carbonyl (C=O) groups excluding carboxylic acids is 1. The molecule has 0 aliphatic heterocycles. The second-order valence-electron chi connectivity index (χ2n) is 6.33. The van der Waals surface area contributed by atoms with Gasteiger partial charge in [0.15, 0.2) is 5.78 Å². The van der Waals surface area contributed by atoms with Gasteiger partial charge in [-0.3, -0.25) is 24.0 Å². The molecule has 10 heteroatoms. The van der Waals surface area contributed by atoms with Crippen LogP contribution in [-0.2, 0) is 17.8 Å². The van der Waals surface area contributed by atoms with Gasteiger partial charge in [0.25, 0.3) is 5.56 Å². The van der Waals surface area contributed by atoms with Crippen LogP contribution in [0.5, 0.6) is 0 Å². The van der Waals surface area contributed by atoms with Gasteiger partial charge in [0, 0.05) is 7.11 Å². The lowest BCUT2D eigenvalue weighted by atomic mass is 10.2. The number of ketones is 1. The number of fused-ring (bicyclic) bond motifs is 1. The highest BCUT2D eigenvalue weighted by molar-refractivity contribution is 7.18. The van der Waals surface area contributed by atoms with E-state index in [0.29, 0.717) is 6.54 Å². The van der Waals surface area contributed by atoms with E-state index in [2.05, 4.69) is 9.97 Å². The van der Waals surface area contributed by atoms with Crippen LogP contribution < -0.4 is 17.0 Å². The number of likely N-dealkylation sites (N-methyl/N-ethyl adjacent to an activating group) is 1. The van der Waals surface area contributed by atoms with Crippen LogP contribution in [0.2, 0.25) is 0 Å². The maximum Gasteiger partial charge on any atom is 0.330 e. The quantitative estimate of drug-likeness (QED) is 0.530. The largest absolute Gasteiger partial charge is 0.384 e. The fourth-order valence-corrected chi connectivity index (χ4v) is 3.91. The number of aromatic amines is 1. The summed E-state index contributed by atoms with van der Waals surface area (Å²) in [6.45, 7) is 0.777. The summed E-state index contributed by atoms with van der Waals surface area (Å²) in [4.78, 5) is 45.2. The first-order valence-electron chi connectivity index (χ1n) is 8.58. The smallest absolute Gasteiger partial charge is 0.330 e. The summed E-state index contributed by atoms with van der Waals surface area (Å²) >= 11 is 1.55. The van der Waals surface area contributed by atoms with Crippen LogP contribution in [0.4, 0.5) is 5.82 Å². The zero-order chi connectivity index (χ0) is 20.3. The number of nitrogens with two attached hydrogens (primary N) is 1. The van der Waals surface area contributed by atoms with Gasteiger partial charge in [-0.25, -0.2) is 9.78 Å². The Labute approximate surface area is 164 Å². The molecular formula is C18H21N5O4S. The molecule has 3 N–H and O–H groups in total. The number of aromatic nitrogens is 3. The lowest BCUT2D eigenvalue weighted by Gasteiger charge is -2.16. The summed E-state index contributed by atoms with van der Waals surface area (Å²) in [5, 5.41) is 0.864. The van der Waals surface area contributed by atoms with Gasteiger partial charge in [-0.1, -0.05) is 12.1 Å². The van der Waals surface area contributed by atoms with Crippen molar-refractivity contribution in [3.05, 3.63) is 55.7 Å². The number of para-hydroxylation sites is 1. The Bertz CT molecular complexity index is 1080. The molecule has 0 aliphatic carbocycles. The Morgan fingerprint density at radius 3 is 2.82 bits per heavy atom. The van der Waals surface area contributed by atoms with Crippen LogP contribution in [0.25, 0.3) is 10.2 Å². The molecule has 148 valence electrons. The highest BCUT2D eigenvalue weighted by Crippen LogP contribution is 2.22. The Balaban J connectivity index is 1.78. The van der Waals surface area contributed by atoms with E-state index in [1.165, 1.54) is 7.11 Å². The predicted octanol–water partition coefficient (Wildman–Crippen LogP) is 0.690. The number of anilines is 1. The van der Waals surface area contributed by atoms with Crippen molar-refractivity contribution in [3.8, 4) is 0 Å². The molecule has 0 bridgehead atoms. The van der Waals surface area contributed by atoms with Gasteiger partial charge >= 0.3 is 5.69 Å². The number of H-pyrrole nitrogens is 1. The molecule has 0 aliphatic rings. The molecule has 1 aromatic carbocycles. The molecule has 0 fully saturated rings. The normalized spacial score (nSPS) is 11.4. The van der Waals surface area contributed by atoms with Crippen molar-refractivity contribution in [1.29, 1.82) is 0 Å². The van der Waals surface area contributed by atoms with E-state index < -0.39 is 17.0 Å². The molecule has 28 heavy (non-hydrogen) atoms. The summed E-state index contributed by atoms with van der Waals surface area (Å²) in [5.74, 6) is -0.613. The molecule has 0 radical (unpaired) electrons. The van der Waals surface area contributed by atoms with E-state index in [1.54, 1.807) is 23.3 Å². The number of hydrogen-bond donors (Lipinski definition) is 2. The van der Waals surface area contributed by atoms with E-state index in [-0.39, 0.29) is 31.1 Å². The topological polar surface area (TPSA) is 123 Å². The van der Waals surface area contributed by atoms with Crippen molar-refractivity contribution in [2.75, 3.05) is 33.0 Å². The summed E-state index contributed by atoms with van der Waals surface area (Å²) in [6.07, 6.45) is 0. The molecule has 2 aromatic heterocycles. The third-order valence-electron chi connectivity index (χ3n) is 4.19. The molecule has 0 spiro atoms. The number of carbonyl (C=O) groups is 1. The van der Waals surface area contributed by atoms with E-state index in [1.807, 2.05) is 24.3 Å². The van der Waals surface area contributed by atoms with Crippen LogP contribution in [-0.4, -0.2) is 52.5 Å². The van der Waals surface area contributed by atoms with E-state index in [9.17, 15) is 14.4 Å². The van der Waals surface area contributed by atoms with E-state index >= 15 is 0 Å². The number of ether oxygens (including phenoxy) is 1. The Morgan fingerprint density at radius 1 is 1.36 bits per heavy atom. The first-order chi connectivity index (χ1) is 13.4. The second kappa shape index (κ2) is 8.46. The van der Waals surface area contributed by atoms with Gasteiger partial charge in [0.05, 0.1) is 36.5 Å². The van der Waals surface area contributed by atoms with Crippen LogP contribution >= 0.6 is 11.3 Å². The van der Waals surface area contributed by atoms with Gasteiger partial charge in [0.1, 0.15) is 16.4 Å². The fourth-order valence-electron chi connectivity index (χ4n) is 2.86. The lowest BCUT2D eigenvalue weighted by molar-refractivity contribution is 0.0941. The first-order valence-corrected chi connectivity index (χ1v) is 9.40. The number of benzene rings is 1. The van der Waals surface area contributed by atoms with Crippen LogP contribution in [0.1, 0.15) is 15.4 Å². The molecule has 0 unspecified atom stereocenters. The molecule has 3 aromatic rings. The number of thiazole rings is 1. The number of nitrogens with one attached hydrogen (secondary N) is 1. The Morgan fingerprint density at radius 2 is 2.11 bits per heavy atom. The molecular weight excluding hydrogens is 382 g/mol. The lowest BCUT2D eigenvalue weighted by Crippen LogP contribution is -2.39. The minimum atomic E-state index is -0.783. The third kappa shape index (κ3) is 4.19. The van der Waals surface area contributed by atoms with Crippen molar-refractivity contribution in [3.63, 3.8) is 0 Å². The van der Waals surface area contributed by atoms with Gasteiger partial charge in [-0.15, -0.1) is 11.3 Å². The SMILES string of the molecule is COCCn1c(N)c(C(=O)CN(C)Cc2nc3ccccc3s2)c(=O)[nH]c1=O. The molecule has 2 heterocycles. The van der Waals surface area contributed by atoms with Gasteiger partial charge < -0.3 is 10.5 Å². The summed E-state index contributed by atoms with van der Waals surface area (Å²) in [6, 6.07) is 7.80. The van der Waals surface area contributed by atoms with E-state index in [4.69, 9.17) is 10.5 Å². The summed E-state index contributed by atoms with van der Waals surface area (Å²) in [5.41, 5.74) is 5.19. The van der Waals surface area contributed by atoms with Gasteiger partial charge in [-0.05, 0) is 19.2 Å². The zero-order valence-electron chi connectivity index (χ0n) is 15.6. The molecule has 0 atom stereocenters. The maximum absolute atomic E-state index is 12.7. The highest BCUT2D eigenvalue weighted by atomic mass is 32.1. The number of nitrogens with zero attached hydrogens (tertiary/aromatic N) is 3. The van der Waals surface area contributed by atoms with Crippen LogP contribution in [0.15, 0.2) is 33.9 Å². The van der Waals surface area contributed by atoms with Crippen molar-refractivity contribution < 1.29 is 9.53 Å². The second-order valence-corrected chi connectivity index (χ2v) is 7.45. The van der Waals surface area contributed by atoms with Crippen molar-refractivity contribution >= 4 is 33.2 Å². The van der Waals surface area contributed by atoms with Gasteiger partial charge in [0.2, 0.25) is 0 Å². The number of hydrogen-bond acceptors (Lipinski definition) is 8. The summed E-state index contributed by atoms with van der Waals surface area (Å²) < 4.78 is 7.14. The minimum Gasteiger partial charge on any atom is -0.384 e. The molecule has 0 saturated carbocycles. The monoisotopic (exact) mass is 403 g/mol. The molecule has 3 rings (SSSR count). The zero-order valence-corrected chi connectivity index (χ0v) is 16.4. The fraction of sp³-hybridized carbons (Fsp3) is 0.333. The molecule has 9 nitrogen and oxygen atoms in total. The van der Waals surface area contributed by atoms with Crippen molar-refractivity contribution in [1.82, 2.24) is 19.4 Å².